The zero-order valence-electron chi connectivity index (χ0n) is 10.9. The van der Waals surface area contributed by atoms with Gasteiger partial charge in [-0.2, -0.15) is 0 Å². The number of carboxylic acids is 1. The SMILES string of the molecule is C[C@@H](NCc1ncncc1C(=O)O)c1cccc(Br)c1. The fourth-order valence-corrected chi connectivity index (χ4v) is 2.23. The zero-order chi connectivity index (χ0) is 14.5. The van der Waals surface area contributed by atoms with E-state index in [1.165, 1.54) is 12.5 Å². The molecular formula is C14H14BrN3O2. The number of aromatic carboxylic acids is 1. The average molecular weight is 336 g/mol. The number of rotatable bonds is 5. The second-order valence-corrected chi connectivity index (χ2v) is 5.26. The van der Waals surface area contributed by atoms with Crippen molar-refractivity contribution >= 4 is 21.9 Å². The molecule has 0 aliphatic carbocycles. The number of halogens is 1. The maximum atomic E-state index is 11.1. The molecule has 20 heavy (non-hydrogen) atoms. The number of hydrogen-bond acceptors (Lipinski definition) is 4. The molecular weight excluding hydrogens is 322 g/mol. The zero-order valence-corrected chi connectivity index (χ0v) is 12.5. The summed E-state index contributed by atoms with van der Waals surface area (Å²) in [5.41, 5.74) is 1.72. The first-order valence-electron chi connectivity index (χ1n) is 6.09. The van der Waals surface area contributed by atoms with Gasteiger partial charge in [0.15, 0.2) is 0 Å². The predicted octanol–water partition coefficient (Wildman–Crippen LogP) is 2.79. The van der Waals surface area contributed by atoms with E-state index in [9.17, 15) is 4.79 Å². The van der Waals surface area contributed by atoms with E-state index in [0.29, 0.717) is 12.2 Å². The van der Waals surface area contributed by atoms with Crippen molar-refractivity contribution in [3.63, 3.8) is 0 Å². The Balaban J connectivity index is 2.07. The summed E-state index contributed by atoms with van der Waals surface area (Å²) in [5, 5.41) is 12.3. The number of nitrogens with one attached hydrogen (secondary N) is 1. The minimum absolute atomic E-state index is 0.0871. The second-order valence-electron chi connectivity index (χ2n) is 4.35. The highest BCUT2D eigenvalue weighted by atomic mass is 79.9. The Hall–Kier alpha value is -1.79. The number of carboxylic acid groups (broad SMARTS) is 1. The topological polar surface area (TPSA) is 75.1 Å². The Labute approximate surface area is 125 Å². The fraction of sp³-hybridized carbons (Fsp3) is 0.214. The van der Waals surface area contributed by atoms with Crippen LogP contribution in [-0.2, 0) is 6.54 Å². The van der Waals surface area contributed by atoms with Crippen molar-refractivity contribution in [3.05, 3.63) is 58.1 Å². The third-order valence-electron chi connectivity index (χ3n) is 2.95. The molecule has 0 fully saturated rings. The van der Waals surface area contributed by atoms with Gasteiger partial charge in [0.25, 0.3) is 0 Å². The molecule has 0 aliphatic heterocycles. The van der Waals surface area contributed by atoms with E-state index in [2.05, 4.69) is 31.2 Å². The van der Waals surface area contributed by atoms with E-state index in [4.69, 9.17) is 5.11 Å². The minimum Gasteiger partial charge on any atom is -0.478 e. The van der Waals surface area contributed by atoms with Crippen LogP contribution < -0.4 is 5.32 Å². The summed E-state index contributed by atoms with van der Waals surface area (Å²) in [4.78, 5) is 18.8. The third kappa shape index (κ3) is 3.61. The minimum atomic E-state index is -1.02. The number of nitrogens with zero attached hydrogens (tertiary/aromatic N) is 2. The normalized spacial score (nSPS) is 12.1. The van der Waals surface area contributed by atoms with Crippen molar-refractivity contribution in [3.8, 4) is 0 Å². The van der Waals surface area contributed by atoms with Gasteiger partial charge in [0.2, 0.25) is 0 Å². The molecule has 0 aliphatic rings. The van der Waals surface area contributed by atoms with Crippen LogP contribution in [0.25, 0.3) is 0 Å². The van der Waals surface area contributed by atoms with E-state index in [0.717, 1.165) is 10.0 Å². The van der Waals surface area contributed by atoms with Gasteiger partial charge >= 0.3 is 5.97 Å². The van der Waals surface area contributed by atoms with Crippen molar-refractivity contribution in [2.24, 2.45) is 0 Å². The summed E-state index contributed by atoms with van der Waals surface area (Å²) >= 11 is 3.43. The average Bonchev–Trinajstić information content (AvgIpc) is 2.45. The largest absolute Gasteiger partial charge is 0.478 e. The highest BCUT2D eigenvalue weighted by Crippen LogP contribution is 2.18. The molecule has 2 aromatic rings. The second kappa shape index (κ2) is 6.58. The lowest BCUT2D eigenvalue weighted by Gasteiger charge is -2.15. The van der Waals surface area contributed by atoms with Gasteiger partial charge < -0.3 is 10.4 Å². The first-order chi connectivity index (χ1) is 9.58. The Morgan fingerprint density at radius 2 is 2.30 bits per heavy atom. The molecule has 0 amide bonds. The molecule has 0 saturated heterocycles. The van der Waals surface area contributed by atoms with Gasteiger partial charge in [0, 0.05) is 23.3 Å². The van der Waals surface area contributed by atoms with Gasteiger partial charge in [-0.25, -0.2) is 14.8 Å². The maximum Gasteiger partial charge on any atom is 0.339 e. The maximum absolute atomic E-state index is 11.1. The van der Waals surface area contributed by atoms with Gasteiger partial charge in [-0.1, -0.05) is 28.1 Å². The van der Waals surface area contributed by atoms with E-state index < -0.39 is 5.97 Å². The number of benzene rings is 1. The van der Waals surface area contributed by atoms with Crippen LogP contribution in [0.2, 0.25) is 0 Å². The van der Waals surface area contributed by atoms with Crippen LogP contribution in [0.5, 0.6) is 0 Å². The van der Waals surface area contributed by atoms with Crippen LogP contribution in [0.4, 0.5) is 0 Å². The molecule has 0 radical (unpaired) electrons. The highest BCUT2D eigenvalue weighted by molar-refractivity contribution is 9.10. The number of hydrogen-bond donors (Lipinski definition) is 2. The van der Waals surface area contributed by atoms with E-state index in [1.807, 2.05) is 31.2 Å². The molecule has 5 nitrogen and oxygen atoms in total. The first kappa shape index (κ1) is 14.6. The van der Waals surface area contributed by atoms with Gasteiger partial charge in [0.1, 0.15) is 11.9 Å². The van der Waals surface area contributed by atoms with Crippen LogP contribution >= 0.6 is 15.9 Å². The molecule has 6 heteroatoms. The highest BCUT2D eigenvalue weighted by Gasteiger charge is 2.12. The molecule has 0 bridgehead atoms. The van der Waals surface area contributed by atoms with Crippen LogP contribution in [0, 0.1) is 0 Å². The molecule has 1 atom stereocenters. The van der Waals surface area contributed by atoms with Gasteiger partial charge in [-0.15, -0.1) is 0 Å². The summed E-state index contributed by atoms with van der Waals surface area (Å²) in [6.07, 6.45) is 2.67. The Morgan fingerprint density at radius 3 is 3.00 bits per heavy atom. The lowest BCUT2D eigenvalue weighted by Crippen LogP contribution is -2.20. The smallest absolute Gasteiger partial charge is 0.339 e. The Bertz CT molecular complexity index is 619. The molecule has 2 rings (SSSR count). The van der Waals surface area contributed by atoms with Crippen molar-refractivity contribution in [1.82, 2.24) is 15.3 Å². The van der Waals surface area contributed by atoms with Crippen LogP contribution in [-0.4, -0.2) is 21.0 Å². The lowest BCUT2D eigenvalue weighted by molar-refractivity contribution is 0.0694. The fourth-order valence-electron chi connectivity index (χ4n) is 1.82. The summed E-state index contributed by atoms with van der Waals surface area (Å²) in [6, 6.07) is 8.05. The first-order valence-corrected chi connectivity index (χ1v) is 6.88. The van der Waals surface area contributed by atoms with Crippen molar-refractivity contribution < 1.29 is 9.90 Å². The standard InChI is InChI=1S/C14H14BrN3O2/c1-9(10-3-2-4-11(15)5-10)17-7-13-12(14(19)20)6-16-8-18-13/h2-6,8-9,17H,7H2,1H3,(H,19,20)/t9-/m1/s1. The summed E-state index contributed by atoms with van der Waals surface area (Å²) < 4.78 is 1.01. The molecule has 0 unspecified atom stereocenters. The summed E-state index contributed by atoms with van der Waals surface area (Å²) in [6.45, 7) is 2.39. The molecule has 2 N–H and O–H groups in total. The van der Waals surface area contributed by atoms with Gasteiger partial charge in [-0.05, 0) is 24.6 Å². The lowest BCUT2D eigenvalue weighted by atomic mass is 10.1. The van der Waals surface area contributed by atoms with Crippen molar-refractivity contribution in [2.45, 2.75) is 19.5 Å². The molecule has 104 valence electrons. The molecule has 0 spiro atoms. The quantitative estimate of drug-likeness (QED) is 0.878. The number of aromatic nitrogens is 2. The molecule has 1 heterocycles. The summed E-state index contributed by atoms with van der Waals surface area (Å²) in [5.74, 6) is -1.02. The monoisotopic (exact) mass is 335 g/mol. The molecule has 0 saturated carbocycles. The number of carbonyl (C=O) groups is 1. The van der Waals surface area contributed by atoms with Crippen LogP contribution in [0.15, 0.2) is 41.3 Å². The summed E-state index contributed by atoms with van der Waals surface area (Å²) in [7, 11) is 0. The van der Waals surface area contributed by atoms with Gasteiger partial charge in [-0.3, -0.25) is 0 Å². The van der Waals surface area contributed by atoms with Gasteiger partial charge in [0.05, 0.1) is 5.69 Å². The van der Waals surface area contributed by atoms with Crippen molar-refractivity contribution in [1.29, 1.82) is 0 Å². The molecule has 1 aromatic heterocycles. The third-order valence-corrected chi connectivity index (χ3v) is 3.44. The van der Waals surface area contributed by atoms with E-state index in [1.54, 1.807) is 0 Å². The Kier molecular flexibility index (Phi) is 4.81. The van der Waals surface area contributed by atoms with Crippen molar-refractivity contribution in [2.75, 3.05) is 0 Å². The predicted molar refractivity (Wildman–Crippen MR) is 78.4 cm³/mol. The Morgan fingerprint density at radius 1 is 1.50 bits per heavy atom. The van der Waals surface area contributed by atoms with E-state index >= 15 is 0 Å². The van der Waals surface area contributed by atoms with Crippen LogP contribution in [0.3, 0.4) is 0 Å². The van der Waals surface area contributed by atoms with Crippen LogP contribution in [0.1, 0.15) is 34.6 Å². The molecule has 1 aromatic carbocycles. The van der Waals surface area contributed by atoms with E-state index in [-0.39, 0.29) is 11.6 Å².